The molecule has 0 radical (unpaired) electrons. The first-order chi connectivity index (χ1) is 8.81. The monoisotopic (exact) mass is 251 g/mol. The molecule has 1 aliphatic carbocycles. The Balaban J connectivity index is 1.36. The minimum atomic E-state index is 0.813. The van der Waals surface area contributed by atoms with Crippen LogP contribution in [0.15, 0.2) is 0 Å². The fourth-order valence-electron chi connectivity index (χ4n) is 3.48. The van der Waals surface area contributed by atoms with E-state index in [2.05, 4.69) is 22.2 Å². The molecule has 104 valence electrons. The van der Waals surface area contributed by atoms with Gasteiger partial charge in [0.1, 0.15) is 0 Å². The minimum Gasteiger partial charge on any atom is -0.314 e. The average Bonchev–Trinajstić information content (AvgIpc) is 3.22. The Hall–Kier alpha value is -0.120. The number of likely N-dealkylation sites (tertiary alicyclic amines) is 2. The molecule has 0 aromatic rings. The van der Waals surface area contributed by atoms with E-state index in [1.807, 2.05) is 0 Å². The third-order valence-corrected chi connectivity index (χ3v) is 5.13. The molecule has 0 amide bonds. The molecule has 1 N–H and O–H groups in total. The van der Waals surface area contributed by atoms with Crippen LogP contribution in [0.3, 0.4) is 0 Å². The van der Waals surface area contributed by atoms with Crippen LogP contribution < -0.4 is 5.32 Å². The normalized spacial score (nSPS) is 29.8. The largest absolute Gasteiger partial charge is 0.314 e. The lowest BCUT2D eigenvalue weighted by atomic mass is 9.98. The summed E-state index contributed by atoms with van der Waals surface area (Å²) in [4.78, 5) is 5.24. The van der Waals surface area contributed by atoms with E-state index >= 15 is 0 Å². The lowest BCUT2D eigenvalue weighted by Crippen LogP contribution is -2.50. The number of hydrogen-bond donors (Lipinski definition) is 1. The number of hydrogen-bond acceptors (Lipinski definition) is 3. The molecule has 2 aliphatic heterocycles. The zero-order valence-corrected chi connectivity index (χ0v) is 11.9. The van der Waals surface area contributed by atoms with Crippen LogP contribution >= 0.6 is 0 Å². The van der Waals surface area contributed by atoms with Crippen LogP contribution in [0.5, 0.6) is 0 Å². The highest BCUT2D eigenvalue weighted by Crippen LogP contribution is 2.28. The predicted octanol–water partition coefficient (Wildman–Crippen LogP) is 1.54. The quantitative estimate of drug-likeness (QED) is 0.818. The fraction of sp³-hybridized carbons (Fsp3) is 1.00. The summed E-state index contributed by atoms with van der Waals surface area (Å²) < 4.78 is 0. The second kappa shape index (κ2) is 5.89. The van der Waals surface area contributed by atoms with Gasteiger partial charge in [0.15, 0.2) is 0 Å². The van der Waals surface area contributed by atoms with Gasteiger partial charge in [0.05, 0.1) is 0 Å². The molecule has 18 heavy (non-hydrogen) atoms. The van der Waals surface area contributed by atoms with Crippen LogP contribution in [0.4, 0.5) is 0 Å². The van der Waals surface area contributed by atoms with E-state index in [-0.39, 0.29) is 0 Å². The Bertz CT molecular complexity index is 248. The molecule has 3 heteroatoms. The van der Waals surface area contributed by atoms with Gasteiger partial charge in [-0.1, -0.05) is 0 Å². The van der Waals surface area contributed by atoms with E-state index in [9.17, 15) is 0 Å². The van der Waals surface area contributed by atoms with E-state index in [1.54, 1.807) is 0 Å². The molecule has 0 aromatic heterocycles. The van der Waals surface area contributed by atoms with Gasteiger partial charge in [-0.05, 0) is 84.2 Å². The summed E-state index contributed by atoms with van der Waals surface area (Å²) in [7, 11) is 2.25. The molecule has 0 bridgehead atoms. The molecule has 2 saturated heterocycles. The molecule has 3 rings (SSSR count). The molecule has 0 unspecified atom stereocenters. The molecule has 2 heterocycles. The molecular formula is C15H29N3. The Morgan fingerprint density at radius 1 is 0.889 bits per heavy atom. The van der Waals surface area contributed by atoms with Crippen molar-refractivity contribution in [1.29, 1.82) is 0 Å². The minimum absolute atomic E-state index is 0.813. The van der Waals surface area contributed by atoms with Crippen molar-refractivity contribution in [3.05, 3.63) is 0 Å². The maximum atomic E-state index is 3.78. The van der Waals surface area contributed by atoms with Crippen LogP contribution in [0, 0.1) is 5.92 Å². The van der Waals surface area contributed by atoms with Crippen LogP contribution in [0.2, 0.25) is 0 Å². The van der Waals surface area contributed by atoms with Crippen LogP contribution in [0.1, 0.15) is 38.5 Å². The third-order valence-electron chi connectivity index (χ3n) is 5.13. The zero-order chi connectivity index (χ0) is 12.4. The molecule has 0 aromatic carbocycles. The highest BCUT2D eigenvalue weighted by atomic mass is 15.2. The lowest BCUT2D eigenvalue weighted by molar-refractivity contribution is 0.0922. The molecule has 0 spiro atoms. The Kier molecular flexibility index (Phi) is 4.22. The molecular weight excluding hydrogens is 222 g/mol. The summed E-state index contributed by atoms with van der Waals surface area (Å²) in [5.41, 5.74) is 0. The number of piperidine rings is 2. The molecule has 3 nitrogen and oxygen atoms in total. The topological polar surface area (TPSA) is 18.5 Å². The van der Waals surface area contributed by atoms with Crippen molar-refractivity contribution >= 4 is 0 Å². The van der Waals surface area contributed by atoms with E-state index in [0.29, 0.717) is 0 Å². The standard InChI is InChI=1S/C15H29N3/c1-17-8-6-15(7-9-17)18-10-4-14(5-11-18)16-12-13-2-3-13/h13-16H,2-12H2,1H3. The number of nitrogens with zero attached hydrogens (tertiary/aromatic N) is 2. The van der Waals surface area contributed by atoms with Crippen molar-refractivity contribution in [3.63, 3.8) is 0 Å². The zero-order valence-electron chi connectivity index (χ0n) is 11.9. The van der Waals surface area contributed by atoms with Gasteiger partial charge in [-0.2, -0.15) is 0 Å². The maximum absolute atomic E-state index is 3.78. The molecule has 3 aliphatic rings. The Labute approximate surface area is 112 Å². The van der Waals surface area contributed by atoms with Gasteiger partial charge < -0.3 is 15.1 Å². The van der Waals surface area contributed by atoms with Crippen molar-refractivity contribution in [1.82, 2.24) is 15.1 Å². The first-order valence-corrected chi connectivity index (χ1v) is 7.97. The fourth-order valence-corrected chi connectivity index (χ4v) is 3.48. The summed E-state index contributed by atoms with van der Waals surface area (Å²) >= 11 is 0. The van der Waals surface area contributed by atoms with Crippen molar-refractivity contribution in [2.45, 2.75) is 50.6 Å². The Morgan fingerprint density at radius 2 is 1.56 bits per heavy atom. The van der Waals surface area contributed by atoms with Gasteiger partial charge in [-0.15, -0.1) is 0 Å². The van der Waals surface area contributed by atoms with Crippen LogP contribution in [-0.4, -0.2) is 61.7 Å². The van der Waals surface area contributed by atoms with E-state index in [1.165, 1.54) is 71.2 Å². The highest BCUT2D eigenvalue weighted by Gasteiger charge is 2.28. The number of nitrogens with one attached hydrogen (secondary N) is 1. The smallest absolute Gasteiger partial charge is 0.0120 e. The molecule has 3 fully saturated rings. The van der Waals surface area contributed by atoms with Crippen molar-refractivity contribution < 1.29 is 0 Å². The second-order valence-electron chi connectivity index (χ2n) is 6.70. The van der Waals surface area contributed by atoms with Crippen LogP contribution in [0.25, 0.3) is 0 Å². The van der Waals surface area contributed by atoms with Gasteiger partial charge in [-0.3, -0.25) is 0 Å². The van der Waals surface area contributed by atoms with Crippen LogP contribution in [-0.2, 0) is 0 Å². The molecule has 0 atom stereocenters. The second-order valence-corrected chi connectivity index (χ2v) is 6.70. The van der Waals surface area contributed by atoms with E-state index in [4.69, 9.17) is 0 Å². The highest BCUT2D eigenvalue weighted by molar-refractivity contribution is 4.86. The first-order valence-electron chi connectivity index (χ1n) is 7.97. The van der Waals surface area contributed by atoms with Crippen molar-refractivity contribution in [2.24, 2.45) is 5.92 Å². The Morgan fingerprint density at radius 3 is 2.17 bits per heavy atom. The SMILES string of the molecule is CN1CCC(N2CCC(NCC3CC3)CC2)CC1. The molecule has 1 saturated carbocycles. The predicted molar refractivity (Wildman–Crippen MR) is 75.8 cm³/mol. The van der Waals surface area contributed by atoms with Gasteiger partial charge in [0.25, 0.3) is 0 Å². The lowest BCUT2D eigenvalue weighted by Gasteiger charge is -2.41. The van der Waals surface area contributed by atoms with Crippen molar-refractivity contribution in [3.8, 4) is 0 Å². The summed E-state index contributed by atoms with van der Waals surface area (Å²) in [5.74, 6) is 1.02. The van der Waals surface area contributed by atoms with Gasteiger partial charge in [0.2, 0.25) is 0 Å². The van der Waals surface area contributed by atoms with E-state index in [0.717, 1.165) is 18.0 Å². The summed E-state index contributed by atoms with van der Waals surface area (Å²) in [6.07, 6.45) is 8.47. The first kappa shape index (κ1) is 12.9. The summed E-state index contributed by atoms with van der Waals surface area (Å²) in [5, 5.41) is 3.78. The van der Waals surface area contributed by atoms with Gasteiger partial charge in [-0.25, -0.2) is 0 Å². The van der Waals surface area contributed by atoms with Gasteiger partial charge in [0, 0.05) is 12.1 Å². The van der Waals surface area contributed by atoms with E-state index < -0.39 is 0 Å². The number of rotatable bonds is 4. The third kappa shape index (κ3) is 3.46. The summed E-state index contributed by atoms with van der Waals surface area (Å²) in [6.45, 7) is 6.54. The maximum Gasteiger partial charge on any atom is 0.0120 e. The van der Waals surface area contributed by atoms with Gasteiger partial charge >= 0.3 is 0 Å². The summed E-state index contributed by atoms with van der Waals surface area (Å²) in [6, 6.07) is 1.69. The average molecular weight is 251 g/mol. The van der Waals surface area contributed by atoms with Crippen molar-refractivity contribution in [2.75, 3.05) is 39.8 Å².